The second-order valence-electron chi connectivity index (χ2n) is 10.0. The third-order valence-electron chi connectivity index (χ3n) is 7.05. The number of methoxy groups -OCH3 is 1. The number of carbonyl (C=O) groups excluding carboxylic acids is 1. The second-order valence-corrected chi connectivity index (χ2v) is 10.0. The topological polar surface area (TPSA) is 35.5 Å². The number of ether oxygens (including phenoxy) is 2. The van der Waals surface area contributed by atoms with E-state index in [1.807, 2.05) is 0 Å². The molecule has 0 aliphatic rings. The Labute approximate surface area is 250 Å². The van der Waals surface area contributed by atoms with Crippen LogP contribution in [0.3, 0.4) is 0 Å². The zero-order valence-corrected chi connectivity index (χ0v) is 23.1. The molecule has 0 bridgehead atoms. The summed E-state index contributed by atoms with van der Waals surface area (Å²) in [6, 6.07) is 14.0. The van der Waals surface area contributed by atoms with Gasteiger partial charge in [0.2, 0.25) is 0 Å². The van der Waals surface area contributed by atoms with Crippen LogP contribution in [0.2, 0.25) is 0 Å². The summed E-state index contributed by atoms with van der Waals surface area (Å²) in [6.45, 7) is 0. The molecule has 0 aromatic heterocycles. The van der Waals surface area contributed by atoms with E-state index in [-0.39, 0.29) is 17.5 Å². The van der Waals surface area contributed by atoms with Gasteiger partial charge in [-0.3, -0.25) is 4.79 Å². The molecule has 0 fully saturated rings. The minimum Gasteiger partial charge on any atom is -0.497 e. The Morgan fingerprint density at radius 1 is 0.733 bits per heavy atom. The van der Waals surface area contributed by atoms with E-state index in [1.54, 1.807) is 0 Å². The van der Waals surface area contributed by atoms with Crippen LogP contribution in [-0.2, 0) is 18.0 Å². The number of rotatable bonds is 11. The van der Waals surface area contributed by atoms with Gasteiger partial charge in [0.15, 0.2) is 5.78 Å². The first-order chi connectivity index (χ1) is 21.0. The summed E-state index contributed by atoms with van der Waals surface area (Å²) < 4.78 is 146. The second kappa shape index (κ2) is 12.8. The summed E-state index contributed by atoms with van der Waals surface area (Å²) in [4.78, 5) is 13.7. The number of halogens is 10. The molecule has 0 unspecified atom stereocenters. The Morgan fingerprint density at radius 3 is 1.96 bits per heavy atom. The van der Waals surface area contributed by atoms with Crippen molar-refractivity contribution in [2.24, 2.45) is 0 Å². The number of alkyl halides is 7. The quantitative estimate of drug-likeness (QED) is 0.121. The molecule has 0 spiro atoms. The van der Waals surface area contributed by atoms with Gasteiger partial charge in [-0.05, 0) is 77.7 Å². The molecule has 0 amide bonds. The van der Waals surface area contributed by atoms with Gasteiger partial charge in [0.25, 0.3) is 0 Å². The molecule has 0 heterocycles. The van der Waals surface area contributed by atoms with Gasteiger partial charge in [-0.15, -0.1) is 0 Å². The Hall–Kier alpha value is -4.55. The lowest BCUT2D eigenvalue weighted by molar-refractivity contribution is -0.253. The highest BCUT2D eigenvalue weighted by atomic mass is 19.4. The molecule has 4 rings (SSSR count). The highest BCUT2D eigenvalue weighted by molar-refractivity contribution is 5.97. The maximum absolute atomic E-state index is 15.0. The SMILES string of the molecule is COc1ccc(C[C@](CC(=O)c2ccc(F)c(C(F)(F)F)c2)(c2ccc(F)cc2)c2cc(F)cc(OC(F)(F)C(F)F)c2)cc1. The first-order valence-corrected chi connectivity index (χ1v) is 13.0. The molecule has 0 saturated carbocycles. The molecule has 0 N–H and O–H groups in total. The largest absolute Gasteiger partial charge is 0.497 e. The first-order valence-electron chi connectivity index (χ1n) is 13.0. The molecule has 4 aromatic carbocycles. The van der Waals surface area contributed by atoms with Crippen LogP contribution in [0, 0.1) is 17.5 Å². The van der Waals surface area contributed by atoms with Crippen molar-refractivity contribution in [3.8, 4) is 11.5 Å². The Bertz CT molecular complexity index is 1650. The lowest BCUT2D eigenvalue weighted by Gasteiger charge is -2.36. The number of benzene rings is 4. The predicted octanol–water partition coefficient (Wildman–Crippen LogP) is 9.17. The van der Waals surface area contributed by atoms with Gasteiger partial charge in [0, 0.05) is 23.5 Å². The van der Waals surface area contributed by atoms with E-state index in [0.29, 0.717) is 29.5 Å². The van der Waals surface area contributed by atoms with Crippen molar-refractivity contribution in [3.05, 3.63) is 130 Å². The molecule has 3 nitrogen and oxygen atoms in total. The maximum atomic E-state index is 15.0. The fourth-order valence-corrected chi connectivity index (χ4v) is 4.89. The molecular weight excluding hydrogens is 622 g/mol. The minimum atomic E-state index is -5.16. The van der Waals surface area contributed by atoms with Crippen LogP contribution < -0.4 is 9.47 Å². The van der Waals surface area contributed by atoms with Gasteiger partial charge in [0.1, 0.15) is 29.0 Å². The number of ketones is 1. The van der Waals surface area contributed by atoms with E-state index in [0.717, 1.165) is 30.3 Å². The summed E-state index contributed by atoms with van der Waals surface area (Å²) in [7, 11) is 1.39. The van der Waals surface area contributed by atoms with E-state index < -0.39 is 70.7 Å². The third kappa shape index (κ3) is 7.58. The molecule has 1 atom stereocenters. The van der Waals surface area contributed by atoms with Crippen molar-refractivity contribution in [1.29, 1.82) is 0 Å². The van der Waals surface area contributed by atoms with Gasteiger partial charge in [-0.1, -0.05) is 24.3 Å². The molecule has 0 aliphatic heterocycles. The van der Waals surface area contributed by atoms with Crippen LogP contribution in [0.1, 0.15) is 39.0 Å². The molecule has 4 aromatic rings. The van der Waals surface area contributed by atoms with E-state index in [2.05, 4.69) is 4.74 Å². The average molecular weight is 645 g/mol. The van der Waals surface area contributed by atoms with Gasteiger partial charge in [-0.2, -0.15) is 30.7 Å². The molecule has 0 aliphatic carbocycles. The summed E-state index contributed by atoms with van der Waals surface area (Å²) >= 11 is 0. The fourth-order valence-electron chi connectivity index (χ4n) is 4.89. The van der Waals surface area contributed by atoms with Gasteiger partial charge >= 0.3 is 18.7 Å². The van der Waals surface area contributed by atoms with Crippen molar-refractivity contribution >= 4 is 5.78 Å². The van der Waals surface area contributed by atoms with Crippen LogP contribution in [0.15, 0.2) is 84.9 Å². The van der Waals surface area contributed by atoms with Crippen LogP contribution in [0.4, 0.5) is 43.9 Å². The van der Waals surface area contributed by atoms with Gasteiger partial charge in [0.05, 0.1) is 12.7 Å². The zero-order valence-electron chi connectivity index (χ0n) is 23.1. The highest BCUT2D eigenvalue weighted by Gasteiger charge is 2.45. The summed E-state index contributed by atoms with van der Waals surface area (Å²) in [5.74, 6) is -5.30. The Balaban J connectivity index is 1.96. The summed E-state index contributed by atoms with van der Waals surface area (Å²) in [6.07, 6.45) is -15.6. The normalized spacial score (nSPS) is 13.4. The van der Waals surface area contributed by atoms with E-state index in [4.69, 9.17) is 4.74 Å². The smallest absolute Gasteiger partial charge is 0.461 e. The van der Waals surface area contributed by atoms with Crippen molar-refractivity contribution in [2.75, 3.05) is 7.11 Å². The van der Waals surface area contributed by atoms with Crippen molar-refractivity contribution in [3.63, 3.8) is 0 Å². The van der Waals surface area contributed by atoms with Crippen LogP contribution >= 0.6 is 0 Å². The molecular formula is C32H22F10O3. The van der Waals surface area contributed by atoms with Crippen LogP contribution in [-0.4, -0.2) is 25.4 Å². The van der Waals surface area contributed by atoms with Crippen LogP contribution in [0.25, 0.3) is 0 Å². The number of hydrogen-bond donors (Lipinski definition) is 0. The van der Waals surface area contributed by atoms with E-state index in [9.17, 15) is 44.3 Å². The highest BCUT2D eigenvalue weighted by Crippen LogP contribution is 2.43. The lowest BCUT2D eigenvalue weighted by atomic mass is 9.67. The van der Waals surface area contributed by atoms with Gasteiger partial charge < -0.3 is 9.47 Å². The molecule has 238 valence electrons. The van der Waals surface area contributed by atoms with Gasteiger partial charge in [-0.25, -0.2) is 13.2 Å². The monoisotopic (exact) mass is 644 g/mol. The number of Topliss-reactive ketones (excluding diaryl/α,β-unsaturated/α-hetero) is 1. The van der Waals surface area contributed by atoms with Crippen molar-refractivity contribution in [2.45, 2.75) is 37.0 Å². The predicted molar refractivity (Wildman–Crippen MR) is 142 cm³/mol. The van der Waals surface area contributed by atoms with Crippen molar-refractivity contribution < 1.29 is 58.2 Å². The third-order valence-corrected chi connectivity index (χ3v) is 7.05. The summed E-state index contributed by atoms with van der Waals surface area (Å²) in [5, 5.41) is 0. The van der Waals surface area contributed by atoms with Crippen molar-refractivity contribution in [1.82, 2.24) is 0 Å². The molecule has 0 saturated heterocycles. The van der Waals surface area contributed by atoms with E-state index in [1.165, 1.54) is 43.5 Å². The lowest BCUT2D eigenvalue weighted by Crippen LogP contribution is -2.35. The first kappa shape index (κ1) is 33.3. The molecule has 0 radical (unpaired) electrons. The Morgan fingerprint density at radius 2 is 1.38 bits per heavy atom. The maximum Gasteiger partial charge on any atom is 0.461 e. The van der Waals surface area contributed by atoms with E-state index >= 15 is 4.39 Å². The molecule has 13 heteroatoms. The minimum absolute atomic E-state index is 0.0726. The number of carbonyl (C=O) groups is 1. The standard InChI is InChI=1S/C32H22F10O3/c1-44-24-9-2-18(3-10-24)16-30(20-5-7-22(33)8-6-20,17-28(43)19-4-11-27(35)26(12-19)31(38,39)40)21-13-23(34)15-25(14-21)45-32(41,42)29(36)37/h2-15,29H,16-17H2,1H3/t30-/m0/s1. The number of hydrogen-bond acceptors (Lipinski definition) is 3. The fraction of sp³-hybridized carbons (Fsp3) is 0.219. The molecule has 45 heavy (non-hydrogen) atoms. The summed E-state index contributed by atoms with van der Waals surface area (Å²) in [5.41, 5.74) is -4.01. The van der Waals surface area contributed by atoms with Crippen LogP contribution in [0.5, 0.6) is 11.5 Å². The average Bonchev–Trinajstić information content (AvgIpc) is 2.96. The Kier molecular flexibility index (Phi) is 9.50. The zero-order chi connectivity index (χ0) is 33.2.